The molecular weight excluding hydrogens is 156 g/mol. The molecule has 1 aromatic rings. The first kappa shape index (κ1) is 11.7. The molecule has 0 aliphatic carbocycles. The molecule has 1 rings (SSSR count). The van der Waals surface area contributed by atoms with Crippen molar-refractivity contribution in [3.8, 4) is 0 Å². The third-order valence-corrected chi connectivity index (χ3v) is 1.75. The number of benzene rings is 1. The Labute approximate surface area is 81.6 Å². The van der Waals surface area contributed by atoms with Crippen molar-refractivity contribution in [1.82, 2.24) is 0 Å². The van der Waals surface area contributed by atoms with Gasteiger partial charge in [0.25, 0.3) is 0 Å². The van der Waals surface area contributed by atoms with Crippen molar-refractivity contribution >= 4 is 12.2 Å². The highest BCUT2D eigenvalue weighted by atomic mass is 14.0. The van der Waals surface area contributed by atoms with E-state index in [1.165, 1.54) is 11.1 Å². The molecule has 0 aliphatic heterocycles. The molecule has 0 heteroatoms. The van der Waals surface area contributed by atoms with Gasteiger partial charge in [0.05, 0.1) is 0 Å². The maximum atomic E-state index is 3.77. The van der Waals surface area contributed by atoms with Crippen LogP contribution in [0, 0.1) is 0 Å². The van der Waals surface area contributed by atoms with Gasteiger partial charge in [-0.3, -0.25) is 0 Å². The predicted octanol–water partition coefficient (Wildman–Crippen LogP) is 4.39. The first-order chi connectivity index (χ1) is 5.88. The molecule has 1 aromatic carbocycles. The molecule has 0 fully saturated rings. The number of hydrogen-bond donors (Lipinski definition) is 0. The van der Waals surface area contributed by atoms with Crippen molar-refractivity contribution < 1.29 is 0 Å². The molecule has 0 saturated carbocycles. The van der Waals surface area contributed by atoms with Crippen LogP contribution in [0.15, 0.2) is 36.9 Å². The number of hydrogen-bond acceptors (Lipinski definition) is 0. The summed E-state index contributed by atoms with van der Waals surface area (Å²) in [7, 11) is 0. The average Bonchev–Trinajstić information content (AvgIpc) is 2.15. The highest BCUT2D eigenvalue weighted by Crippen LogP contribution is 2.11. The van der Waals surface area contributed by atoms with E-state index in [-0.39, 0.29) is 7.43 Å². The van der Waals surface area contributed by atoms with Gasteiger partial charge in [-0.1, -0.05) is 63.4 Å². The van der Waals surface area contributed by atoms with Crippen LogP contribution >= 0.6 is 0 Å². The molecule has 0 heterocycles. The monoisotopic (exact) mass is 174 g/mol. The summed E-state index contributed by atoms with van der Waals surface area (Å²) in [5.41, 5.74) is 2.44. The normalized spacial score (nSPS) is 9.62. The van der Waals surface area contributed by atoms with E-state index in [2.05, 4.69) is 37.8 Å². The summed E-state index contributed by atoms with van der Waals surface area (Å²) in [4.78, 5) is 0. The zero-order valence-electron chi connectivity index (χ0n) is 7.46. The van der Waals surface area contributed by atoms with Crippen LogP contribution in [0.4, 0.5) is 0 Å². The summed E-state index contributed by atoms with van der Waals surface area (Å²) in [6.45, 7) is 5.90. The van der Waals surface area contributed by atoms with Gasteiger partial charge in [-0.15, -0.1) is 0 Å². The third-order valence-electron chi connectivity index (χ3n) is 1.75. The minimum absolute atomic E-state index is 0. The number of allylic oxidation sites excluding steroid dienone is 1. The molecule has 0 spiro atoms. The van der Waals surface area contributed by atoms with Crippen molar-refractivity contribution in [1.29, 1.82) is 0 Å². The van der Waals surface area contributed by atoms with Crippen LogP contribution in [0.1, 0.15) is 31.9 Å². The molecule has 0 unspecified atom stereocenters. The topological polar surface area (TPSA) is 0 Å². The molecule has 0 amide bonds. The zero-order chi connectivity index (χ0) is 8.81. The van der Waals surface area contributed by atoms with E-state index in [0.29, 0.717) is 0 Å². The smallest absolute Gasteiger partial charge is 0.0187 e. The Kier molecular flexibility index (Phi) is 5.62. The largest absolute Gasteiger partial charge is 0.0984 e. The molecule has 0 saturated heterocycles. The lowest BCUT2D eigenvalue weighted by atomic mass is 10.1. The summed E-state index contributed by atoms with van der Waals surface area (Å²) in [5, 5.41) is 0. The van der Waals surface area contributed by atoms with Crippen molar-refractivity contribution in [2.24, 2.45) is 0 Å². The van der Waals surface area contributed by atoms with Gasteiger partial charge in [-0.25, -0.2) is 0 Å². The Balaban J connectivity index is 0.00000144. The van der Waals surface area contributed by atoms with E-state index in [4.69, 9.17) is 0 Å². The van der Waals surface area contributed by atoms with Crippen molar-refractivity contribution in [3.63, 3.8) is 0 Å². The van der Waals surface area contributed by atoms with E-state index in [0.717, 1.165) is 6.42 Å². The SMILES string of the molecule is C.C=Cc1ccccc1/C=C\CC. The molecule has 0 nitrogen and oxygen atoms in total. The summed E-state index contributed by atoms with van der Waals surface area (Å²) in [6, 6.07) is 8.24. The molecule has 0 aliphatic rings. The average molecular weight is 174 g/mol. The Hall–Kier alpha value is -1.30. The summed E-state index contributed by atoms with van der Waals surface area (Å²) in [5.74, 6) is 0. The van der Waals surface area contributed by atoms with Gasteiger partial charge >= 0.3 is 0 Å². The van der Waals surface area contributed by atoms with Gasteiger partial charge < -0.3 is 0 Å². The van der Waals surface area contributed by atoms with Crippen LogP contribution in [-0.4, -0.2) is 0 Å². The van der Waals surface area contributed by atoms with Gasteiger partial charge in [-0.2, -0.15) is 0 Å². The van der Waals surface area contributed by atoms with E-state index in [1.807, 2.05) is 18.2 Å². The first-order valence-corrected chi connectivity index (χ1v) is 4.26. The minimum Gasteiger partial charge on any atom is -0.0984 e. The lowest BCUT2D eigenvalue weighted by molar-refractivity contribution is 1.23. The Morgan fingerprint density at radius 3 is 2.38 bits per heavy atom. The molecule has 0 aromatic heterocycles. The van der Waals surface area contributed by atoms with Crippen LogP contribution in [0.2, 0.25) is 0 Å². The quantitative estimate of drug-likeness (QED) is 0.637. The highest BCUT2D eigenvalue weighted by molar-refractivity contribution is 5.64. The van der Waals surface area contributed by atoms with Crippen molar-refractivity contribution in [2.75, 3.05) is 0 Å². The van der Waals surface area contributed by atoms with Crippen LogP contribution in [0.5, 0.6) is 0 Å². The van der Waals surface area contributed by atoms with E-state index >= 15 is 0 Å². The summed E-state index contributed by atoms with van der Waals surface area (Å²) in [6.07, 6.45) is 7.25. The fourth-order valence-corrected chi connectivity index (χ4v) is 1.09. The minimum atomic E-state index is 0. The van der Waals surface area contributed by atoms with Crippen LogP contribution in [0.3, 0.4) is 0 Å². The predicted molar refractivity (Wildman–Crippen MR) is 62.6 cm³/mol. The first-order valence-electron chi connectivity index (χ1n) is 4.26. The van der Waals surface area contributed by atoms with Gasteiger partial charge in [0.15, 0.2) is 0 Å². The van der Waals surface area contributed by atoms with Crippen molar-refractivity contribution in [3.05, 3.63) is 48.0 Å². The zero-order valence-corrected chi connectivity index (χ0v) is 7.46. The van der Waals surface area contributed by atoms with Crippen LogP contribution in [0.25, 0.3) is 12.2 Å². The van der Waals surface area contributed by atoms with E-state index < -0.39 is 0 Å². The van der Waals surface area contributed by atoms with E-state index in [1.54, 1.807) is 0 Å². The maximum absolute atomic E-state index is 3.77. The lowest BCUT2D eigenvalue weighted by Gasteiger charge is -1.98. The van der Waals surface area contributed by atoms with Crippen LogP contribution in [-0.2, 0) is 0 Å². The molecule has 70 valence electrons. The second-order valence-corrected chi connectivity index (χ2v) is 2.64. The molecule has 0 atom stereocenters. The van der Waals surface area contributed by atoms with Gasteiger partial charge in [0, 0.05) is 0 Å². The van der Waals surface area contributed by atoms with Gasteiger partial charge in [-0.05, 0) is 17.5 Å². The molecular formula is C13H18. The third kappa shape index (κ3) is 3.29. The van der Waals surface area contributed by atoms with Gasteiger partial charge in [0.2, 0.25) is 0 Å². The van der Waals surface area contributed by atoms with Crippen LogP contribution < -0.4 is 0 Å². The molecule has 0 radical (unpaired) electrons. The van der Waals surface area contributed by atoms with Crippen molar-refractivity contribution in [2.45, 2.75) is 20.8 Å². The fraction of sp³-hybridized carbons (Fsp3) is 0.231. The Morgan fingerprint density at radius 1 is 1.23 bits per heavy atom. The molecule has 0 bridgehead atoms. The number of rotatable bonds is 3. The maximum Gasteiger partial charge on any atom is -0.0187 e. The second-order valence-electron chi connectivity index (χ2n) is 2.64. The summed E-state index contributed by atoms with van der Waals surface area (Å²) >= 11 is 0. The Morgan fingerprint density at radius 2 is 1.85 bits per heavy atom. The van der Waals surface area contributed by atoms with Gasteiger partial charge in [0.1, 0.15) is 0 Å². The molecule has 13 heavy (non-hydrogen) atoms. The summed E-state index contributed by atoms with van der Waals surface area (Å²) < 4.78 is 0. The fourth-order valence-electron chi connectivity index (χ4n) is 1.09. The highest BCUT2D eigenvalue weighted by Gasteiger charge is 1.90. The Bertz CT molecular complexity index is 282. The van der Waals surface area contributed by atoms with E-state index in [9.17, 15) is 0 Å². The standard InChI is InChI=1S/C12H14.CH4/c1-3-5-8-12-10-7-6-9-11(12)4-2;/h4-10H,2-3H2,1H3;1H4/b8-5-;. The lowest BCUT2D eigenvalue weighted by Crippen LogP contribution is -1.77. The second kappa shape index (κ2) is 6.24. The molecule has 0 N–H and O–H groups in total.